The summed E-state index contributed by atoms with van der Waals surface area (Å²) in [6.07, 6.45) is 11.0. The van der Waals surface area contributed by atoms with Gasteiger partial charge < -0.3 is 15.5 Å². The summed E-state index contributed by atoms with van der Waals surface area (Å²) in [6, 6.07) is 1.20. The first kappa shape index (κ1) is 22.0. The Morgan fingerprint density at radius 3 is 2.50 bits per heavy atom. The molecule has 1 aliphatic heterocycles. The molecule has 0 spiro atoms. The zero-order valence-electron chi connectivity index (χ0n) is 13.8. The first-order valence-corrected chi connectivity index (χ1v) is 8.46. The Kier molecular flexibility index (Phi) is 12.4. The van der Waals surface area contributed by atoms with Crippen LogP contribution in [-0.4, -0.2) is 49.6 Å². The maximum absolute atomic E-state index is 11.8. The molecule has 1 aliphatic carbocycles. The highest BCUT2D eigenvalue weighted by Gasteiger charge is 2.18. The summed E-state index contributed by atoms with van der Waals surface area (Å²) in [6.45, 7) is 3.00. The van der Waals surface area contributed by atoms with Crippen LogP contribution in [0.15, 0.2) is 0 Å². The van der Waals surface area contributed by atoms with Crippen molar-refractivity contribution < 1.29 is 4.79 Å². The second-order valence-corrected chi connectivity index (χ2v) is 6.47. The molecule has 1 atom stereocenters. The van der Waals surface area contributed by atoms with E-state index in [1.165, 1.54) is 38.5 Å². The van der Waals surface area contributed by atoms with Crippen LogP contribution >= 0.6 is 24.8 Å². The Morgan fingerprint density at radius 1 is 1.14 bits per heavy atom. The van der Waals surface area contributed by atoms with Crippen LogP contribution < -0.4 is 10.6 Å². The average molecular weight is 354 g/mol. The molecular formula is C16H33Cl2N3O. The quantitative estimate of drug-likeness (QED) is 0.691. The van der Waals surface area contributed by atoms with Crippen molar-refractivity contribution in [1.82, 2.24) is 15.5 Å². The number of amides is 1. The number of carbonyl (C=O) groups is 1. The minimum absolute atomic E-state index is 0. The van der Waals surface area contributed by atoms with Gasteiger partial charge in [0.15, 0.2) is 0 Å². The molecule has 0 aromatic carbocycles. The molecule has 2 rings (SSSR count). The van der Waals surface area contributed by atoms with Crippen LogP contribution in [0.25, 0.3) is 0 Å². The normalized spacial score (nSPS) is 22.0. The summed E-state index contributed by atoms with van der Waals surface area (Å²) < 4.78 is 0. The lowest BCUT2D eigenvalue weighted by Gasteiger charge is -2.31. The monoisotopic (exact) mass is 353 g/mol. The van der Waals surface area contributed by atoms with E-state index in [0.29, 0.717) is 12.5 Å². The van der Waals surface area contributed by atoms with E-state index >= 15 is 0 Å². The lowest BCUT2D eigenvalue weighted by Crippen LogP contribution is -2.36. The first-order chi connectivity index (χ1) is 9.75. The average Bonchev–Trinajstić information content (AvgIpc) is 2.97. The Hall–Kier alpha value is -0.0300. The smallest absolute Gasteiger partial charge is 0.221 e. The summed E-state index contributed by atoms with van der Waals surface area (Å²) in [5, 5.41) is 6.43. The number of rotatable bonds is 7. The van der Waals surface area contributed by atoms with Gasteiger partial charge >= 0.3 is 0 Å². The summed E-state index contributed by atoms with van der Waals surface area (Å²) in [5.74, 6) is 0.213. The van der Waals surface area contributed by atoms with Crippen molar-refractivity contribution in [2.45, 2.75) is 69.9 Å². The van der Waals surface area contributed by atoms with E-state index in [0.717, 1.165) is 38.5 Å². The van der Waals surface area contributed by atoms with Crippen molar-refractivity contribution in [3.05, 3.63) is 0 Å². The van der Waals surface area contributed by atoms with Gasteiger partial charge in [-0.05, 0) is 52.2 Å². The fraction of sp³-hybridized carbons (Fsp3) is 0.938. The Morgan fingerprint density at radius 2 is 1.86 bits per heavy atom. The van der Waals surface area contributed by atoms with E-state index < -0.39 is 0 Å². The van der Waals surface area contributed by atoms with Gasteiger partial charge in [-0.15, -0.1) is 24.8 Å². The maximum atomic E-state index is 11.8. The molecule has 0 bridgehead atoms. The summed E-state index contributed by atoms with van der Waals surface area (Å²) in [4.78, 5) is 14.3. The Bertz CT molecular complexity index is 293. The van der Waals surface area contributed by atoms with Crippen molar-refractivity contribution >= 4 is 30.7 Å². The highest BCUT2D eigenvalue weighted by molar-refractivity contribution is 5.85. The number of hydrogen-bond donors (Lipinski definition) is 2. The molecule has 2 fully saturated rings. The van der Waals surface area contributed by atoms with E-state index in [1.807, 2.05) is 0 Å². The van der Waals surface area contributed by atoms with Gasteiger partial charge in [0.25, 0.3) is 0 Å². The van der Waals surface area contributed by atoms with E-state index in [2.05, 4.69) is 22.6 Å². The molecule has 1 amide bonds. The summed E-state index contributed by atoms with van der Waals surface area (Å²) in [7, 11) is 2.24. The lowest BCUT2D eigenvalue weighted by molar-refractivity contribution is -0.121. The minimum Gasteiger partial charge on any atom is -0.356 e. The molecule has 0 aromatic rings. The number of hydrogen-bond acceptors (Lipinski definition) is 3. The van der Waals surface area contributed by atoms with Gasteiger partial charge in [-0.3, -0.25) is 4.79 Å². The third-order valence-electron chi connectivity index (χ3n) is 4.80. The van der Waals surface area contributed by atoms with Crippen LogP contribution in [0.1, 0.15) is 57.8 Å². The number of nitrogens with zero attached hydrogens (tertiary/aromatic N) is 1. The fourth-order valence-corrected chi connectivity index (χ4v) is 3.49. The van der Waals surface area contributed by atoms with Crippen molar-refractivity contribution in [3.8, 4) is 0 Å². The van der Waals surface area contributed by atoms with Gasteiger partial charge in [-0.1, -0.05) is 19.3 Å². The molecule has 1 saturated carbocycles. The van der Waals surface area contributed by atoms with Crippen molar-refractivity contribution in [2.24, 2.45) is 0 Å². The third kappa shape index (κ3) is 8.00. The van der Waals surface area contributed by atoms with Crippen LogP contribution in [0.2, 0.25) is 0 Å². The third-order valence-corrected chi connectivity index (χ3v) is 4.80. The predicted octanol–water partition coefficient (Wildman–Crippen LogP) is 2.74. The SMILES string of the molecule is CN(CCCNC(=O)CC1CCCN1)C1CCCCC1.Cl.Cl. The predicted molar refractivity (Wildman–Crippen MR) is 97.3 cm³/mol. The molecule has 1 unspecified atom stereocenters. The van der Waals surface area contributed by atoms with E-state index in [1.54, 1.807) is 0 Å². The van der Waals surface area contributed by atoms with Crippen LogP contribution in [0.4, 0.5) is 0 Å². The molecule has 0 aromatic heterocycles. The summed E-state index contributed by atoms with van der Waals surface area (Å²) >= 11 is 0. The van der Waals surface area contributed by atoms with Crippen LogP contribution in [0, 0.1) is 0 Å². The molecule has 22 heavy (non-hydrogen) atoms. The molecule has 6 heteroatoms. The molecular weight excluding hydrogens is 321 g/mol. The molecule has 4 nitrogen and oxygen atoms in total. The largest absolute Gasteiger partial charge is 0.356 e. The molecule has 0 radical (unpaired) electrons. The van der Waals surface area contributed by atoms with Gasteiger partial charge in [0.1, 0.15) is 0 Å². The number of nitrogens with one attached hydrogen (secondary N) is 2. The maximum Gasteiger partial charge on any atom is 0.221 e. The molecule has 2 N–H and O–H groups in total. The lowest BCUT2D eigenvalue weighted by atomic mass is 9.94. The van der Waals surface area contributed by atoms with E-state index in [4.69, 9.17) is 0 Å². The highest BCUT2D eigenvalue weighted by Crippen LogP contribution is 2.21. The topological polar surface area (TPSA) is 44.4 Å². The van der Waals surface area contributed by atoms with Gasteiger partial charge in [-0.25, -0.2) is 0 Å². The van der Waals surface area contributed by atoms with E-state index in [-0.39, 0.29) is 30.7 Å². The van der Waals surface area contributed by atoms with Crippen molar-refractivity contribution in [2.75, 3.05) is 26.7 Å². The van der Waals surface area contributed by atoms with Gasteiger partial charge in [-0.2, -0.15) is 0 Å². The Labute approximate surface area is 148 Å². The van der Waals surface area contributed by atoms with Gasteiger partial charge in [0.05, 0.1) is 0 Å². The second kappa shape index (κ2) is 12.4. The second-order valence-electron chi connectivity index (χ2n) is 6.47. The van der Waals surface area contributed by atoms with Crippen LogP contribution in [0.5, 0.6) is 0 Å². The molecule has 1 heterocycles. The van der Waals surface area contributed by atoms with Gasteiger partial charge in [0, 0.05) is 25.0 Å². The molecule has 2 aliphatic rings. The number of carbonyl (C=O) groups excluding carboxylic acids is 1. The van der Waals surface area contributed by atoms with Crippen molar-refractivity contribution in [1.29, 1.82) is 0 Å². The zero-order valence-corrected chi connectivity index (χ0v) is 15.4. The highest BCUT2D eigenvalue weighted by atomic mass is 35.5. The Balaban J connectivity index is 0.00000220. The number of halogens is 2. The minimum atomic E-state index is 0. The fourth-order valence-electron chi connectivity index (χ4n) is 3.49. The van der Waals surface area contributed by atoms with Gasteiger partial charge in [0.2, 0.25) is 5.91 Å². The summed E-state index contributed by atoms with van der Waals surface area (Å²) in [5.41, 5.74) is 0. The zero-order chi connectivity index (χ0) is 14.2. The van der Waals surface area contributed by atoms with E-state index in [9.17, 15) is 4.79 Å². The molecule has 132 valence electrons. The van der Waals surface area contributed by atoms with Crippen LogP contribution in [-0.2, 0) is 4.79 Å². The molecule has 1 saturated heterocycles. The first-order valence-electron chi connectivity index (χ1n) is 8.46. The standard InChI is InChI=1S/C16H31N3O.2ClH/c1-19(15-8-3-2-4-9-15)12-6-11-18-16(20)13-14-7-5-10-17-14;;/h14-15,17H,2-13H2,1H3,(H,18,20);2*1H. The van der Waals surface area contributed by atoms with Crippen LogP contribution in [0.3, 0.4) is 0 Å². The van der Waals surface area contributed by atoms with Crippen molar-refractivity contribution in [3.63, 3.8) is 0 Å².